The second-order valence-electron chi connectivity index (χ2n) is 4.41. The molecule has 0 saturated carbocycles. The van der Waals surface area contributed by atoms with Crippen molar-refractivity contribution in [2.24, 2.45) is 5.14 Å². The molecule has 1 aliphatic rings. The number of carbonyl (C=O) groups excluding carboxylic acids is 1. The molecule has 19 heavy (non-hydrogen) atoms. The van der Waals surface area contributed by atoms with Crippen molar-refractivity contribution >= 4 is 21.6 Å². The lowest BCUT2D eigenvalue weighted by molar-refractivity contribution is -0.117. The fourth-order valence-corrected chi connectivity index (χ4v) is 2.39. The van der Waals surface area contributed by atoms with Gasteiger partial charge in [-0.3, -0.25) is 4.79 Å². The van der Waals surface area contributed by atoms with Crippen molar-refractivity contribution in [3.63, 3.8) is 0 Å². The summed E-state index contributed by atoms with van der Waals surface area (Å²) < 4.78 is 22.1. The Bertz CT molecular complexity index is 570. The van der Waals surface area contributed by atoms with Crippen molar-refractivity contribution in [3.8, 4) is 0 Å². The van der Waals surface area contributed by atoms with E-state index in [9.17, 15) is 18.3 Å². The highest BCUT2D eigenvalue weighted by atomic mass is 32.2. The van der Waals surface area contributed by atoms with Gasteiger partial charge in [0.05, 0.1) is 17.0 Å². The lowest BCUT2D eigenvalue weighted by atomic mass is 10.2. The van der Waals surface area contributed by atoms with E-state index in [1.165, 1.54) is 24.3 Å². The standard InChI is InChI=1S/C11H15N3O4S/c12-19(17,18)9-3-1-7(2-4-9)14-11(16)10-5-8(15)6-13-10/h1-4,8,10,13,15H,5-6H2,(H,14,16)(H2,12,17,18). The predicted octanol–water partition coefficient (Wildman–Crippen LogP) is -1.00. The number of aliphatic hydroxyl groups is 1. The van der Waals surface area contributed by atoms with E-state index in [0.717, 1.165) is 0 Å². The number of aliphatic hydroxyl groups excluding tert-OH is 1. The molecule has 2 atom stereocenters. The van der Waals surface area contributed by atoms with Crippen molar-refractivity contribution in [2.45, 2.75) is 23.5 Å². The molecule has 1 aliphatic heterocycles. The largest absolute Gasteiger partial charge is 0.392 e. The lowest BCUT2D eigenvalue weighted by Crippen LogP contribution is -2.35. The summed E-state index contributed by atoms with van der Waals surface area (Å²) in [6.07, 6.45) is -0.151. The predicted molar refractivity (Wildman–Crippen MR) is 68.9 cm³/mol. The van der Waals surface area contributed by atoms with Crippen molar-refractivity contribution in [1.82, 2.24) is 5.32 Å². The summed E-state index contributed by atoms with van der Waals surface area (Å²) in [5.74, 6) is -0.264. The van der Waals surface area contributed by atoms with Crippen LogP contribution in [0, 0.1) is 0 Å². The van der Waals surface area contributed by atoms with Gasteiger partial charge in [-0.1, -0.05) is 0 Å². The zero-order valence-electron chi connectivity index (χ0n) is 10.0. The summed E-state index contributed by atoms with van der Waals surface area (Å²) in [7, 11) is -3.73. The van der Waals surface area contributed by atoms with Crippen molar-refractivity contribution in [1.29, 1.82) is 0 Å². The van der Waals surface area contributed by atoms with Gasteiger partial charge in [0.15, 0.2) is 0 Å². The smallest absolute Gasteiger partial charge is 0.241 e. The molecule has 0 radical (unpaired) electrons. The van der Waals surface area contributed by atoms with Crippen LogP contribution in [0.4, 0.5) is 5.69 Å². The van der Waals surface area contributed by atoms with Crippen LogP contribution >= 0.6 is 0 Å². The molecule has 1 heterocycles. The Labute approximate surface area is 110 Å². The minimum absolute atomic E-state index is 0.0140. The molecule has 1 saturated heterocycles. The SMILES string of the molecule is NS(=O)(=O)c1ccc(NC(=O)C2CC(O)CN2)cc1. The molecule has 1 aromatic rings. The first-order valence-electron chi connectivity index (χ1n) is 5.71. The highest BCUT2D eigenvalue weighted by Crippen LogP contribution is 2.14. The summed E-state index contributed by atoms with van der Waals surface area (Å²) in [6, 6.07) is 5.13. The number of β-amino-alcohol motifs (C(OH)–C–C–N with tert-alkyl or cyclic N) is 1. The van der Waals surface area contributed by atoms with Crippen molar-refractivity contribution in [2.75, 3.05) is 11.9 Å². The first kappa shape index (κ1) is 13.9. The van der Waals surface area contributed by atoms with Crippen LogP contribution in [0.2, 0.25) is 0 Å². The third-order valence-corrected chi connectivity index (χ3v) is 3.80. The van der Waals surface area contributed by atoms with E-state index in [1.807, 2.05) is 0 Å². The van der Waals surface area contributed by atoms with E-state index in [0.29, 0.717) is 18.7 Å². The molecular weight excluding hydrogens is 270 g/mol. The van der Waals surface area contributed by atoms with Crippen LogP contribution in [0.5, 0.6) is 0 Å². The number of anilines is 1. The number of rotatable bonds is 3. The van der Waals surface area contributed by atoms with Gasteiger partial charge < -0.3 is 15.7 Å². The molecule has 7 nitrogen and oxygen atoms in total. The van der Waals surface area contributed by atoms with Gasteiger partial charge in [0.2, 0.25) is 15.9 Å². The number of primary sulfonamides is 1. The van der Waals surface area contributed by atoms with Gasteiger partial charge in [-0.15, -0.1) is 0 Å². The van der Waals surface area contributed by atoms with Crippen LogP contribution in [0.25, 0.3) is 0 Å². The summed E-state index contributed by atoms with van der Waals surface area (Å²) in [4.78, 5) is 11.8. The van der Waals surface area contributed by atoms with Crippen LogP contribution in [-0.4, -0.2) is 38.1 Å². The van der Waals surface area contributed by atoms with Crippen molar-refractivity contribution < 1.29 is 18.3 Å². The van der Waals surface area contributed by atoms with Gasteiger partial charge in [0, 0.05) is 12.2 Å². The Hall–Kier alpha value is -1.48. The molecule has 2 unspecified atom stereocenters. The molecule has 0 aliphatic carbocycles. The average Bonchev–Trinajstić information content (AvgIpc) is 2.75. The first-order valence-corrected chi connectivity index (χ1v) is 7.26. The molecular formula is C11H15N3O4S. The zero-order chi connectivity index (χ0) is 14.0. The molecule has 104 valence electrons. The molecule has 1 fully saturated rings. The van der Waals surface area contributed by atoms with Gasteiger partial charge in [0.1, 0.15) is 0 Å². The summed E-state index contributed by atoms with van der Waals surface area (Å²) >= 11 is 0. The fourth-order valence-electron chi connectivity index (χ4n) is 1.87. The van der Waals surface area contributed by atoms with E-state index in [-0.39, 0.29) is 10.8 Å². The van der Waals surface area contributed by atoms with Gasteiger partial charge in [0.25, 0.3) is 0 Å². The highest BCUT2D eigenvalue weighted by Gasteiger charge is 2.27. The van der Waals surface area contributed by atoms with Crippen LogP contribution in [0.3, 0.4) is 0 Å². The Balaban J connectivity index is 2.02. The third-order valence-electron chi connectivity index (χ3n) is 2.87. The zero-order valence-corrected chi connectivity index (χ0v) is 10.9. The number of amides is 1. The number of hydrogen-bond donors (Lipinski definition) is 4. The number of nitrogens with one attached hydrogen (secondary N) is 2. The number of hydrogen-bond acceptors (Lipinski definition) is 5. The molecule has 2 rings (SSSR count). The summed E-state index contributed by atoms with van der Waals surface area (Å²) in [5, 5.41) is 19.8. The van der Waals surface area contributed by atoms with E-state index in [1.54, 1.807) is 0 Å². The van der Waals surface area contributed by atoms with Crippen molar-refractivity contribution in [3.05, 3.63) is 24.3 Å². The number of carbonyl (C=O) groups is 1. The maximum Gasteiger partial charge on any atom is 0.241 e. The second-order valence-corrected chi connectivity index (χ2v) is 5.97. The van der Waals surface area contributed by atoms with E-state index >= 15 is 0 Å². The van der Waals surface area contributed by atoms with Crippen LogP contribution in [0.15, 0.2) is 29.2 Å². The Morgan fingerprint density at radius 3 is 2.47 bits per heavy atom. The molecule has 5 N–H and O–H groups in total. The van der Waals surface area contributed by atoms with E-state index < -0.39 is 22.2 Å². The Kier molecular flexibility index (Phi) is 3.85. The molecule has 0 bridgehead atoms. The highest BCUT2D eigenvalue weighted by molar-refractivity contribution is 7.89. The first-order chi connectivity index (χ1) is 8.86. The average molecular weight is 285 g/mol. The maximum atomic E-state index is 11.8. The van der Waals surface area contributed by atoms with Crippen LogP contribution in [0.1, 0.15) is 6.42 Å². The van der Waals surface area contributed by atoms with E-state index in [4.69, 9.17) is 5.14 Å². The van der Waals surface area contributed by atoms with Gasteiger partial charge >= 0.3 is 0 Å². The molecule has 8 heteroatoms. The minimum atomic E-state index is -3.73. The third kappa shape index (κ3) is 3.51. The van der Waals surface area contributed by atoms with Gasteiger partial charge in [-0.05, 0) is 30.7 Å². The topological polar surface area (TPSA) is 122 Å². The number of benzene rings is 1. The van der Waals surface area contributed by atoms with Gasteiger partial charge in [-0.25, -0.2) is 13.6 Å². The number of nitrogens with two attached hydrogens (primary N) is 1. The quantitative estimate of drug-likeness (QED) is 0.567. The summed E-state index contributed by atoms with van der Waals surface area (Å²) in [6.45, 7) is 0.391. The Morgan fingerprint density at radius 1 is 1.37 bits per heavy atom. The fraction of sp³-hybridized carbons (Fsp3) is 0.364. The lowest BCUT2D eigenvalue weighted by Gasteiger charge is -2.11. The Morgan fingerprint density at radius 2 is 2.00 bits per heavy atom. The summed E-state index contributed by atoms with van der Waals surface area (Å²) in [5.41, 5.74) is 0.473. The molecule has 1 aromatic carbocycles. The normalized spacial score (nSPS) is 23.3. The number of sulfonamides is 1. The van der Waals surface area contributed by atoms with E-state index in [2.05, 4.69) is 10.6 Å². The molecule has 0 aromatic heterocycles. The molecule has 1 amide bonds. The second kappa shape index (κ2) is 5.25. The van der Waals surface area contributed by atoms with Gasteiger partial charge in [-0.2, -0.15) is 0 Å². The molecule has 0 spiro atoms. The monoisotopic (exact) mass is 285 g/mol. The minimum Gasteiger partial charge on any atom is -0.392 e. The van der Waals surface area contributed by atoms with Crippen LogP contribution in [-0.2, 0) is 14.8 Å². The maximum absolute atomic E-state index is 11.8. The van der Waals surface area contributed by atoms with Crippen LogP contribution < -0.4 is 15.8 Å².